The number of rotatable bonds is 6. The van der Waals surface area contributed by atoms with Crippen LogP contribution in [0.5, 0.6) is 0 Å². The van der Waals surface area contributed by atoms with Crippen LogP contribution in [0.15, 0.2) is 0 Å². The Kier molecular flexibility index (Phi) is 5.90. The van der Waals surface area contributed by atoms with Crippen LogP contribution in [-0.4, -0.2) is 33.7 Å². The Hall–Kier alpha value is -0.163. The van der Waals surface area contributed by atoms with Gasteiger partial charge in [-0.05, 0) is 33.5 Å². The third-order valence-corrected chi connectivity index (χ3v) is 3.69. The number of carbonyl (C=O) groups is 1. The molecule has 0 aromatic carbocycles. The molecule has 0 fully saturated rings. The highest BCUT2D eigenvalue weighted by Gasteiger charge is 2.29. The molecule has 0 amide bonds. The van der Waals surface area contributed by atoms with E-state index in [0.717, 1.165) is 0 Å². The molecule has 0 radical (unpaired) electrons. The number of carbonyl (C=O) groups excluding carboxylic acids is 1. The zero-order valence-electron chi connectivity index (χ0n) is 10.8. The van der Waals surface area contributed by atoms with Gasteiger partial charge in [-0.3, -0.25) is 13.9 Å². The maximum absolute atomic E-state index is 11.7. The predicted molar refractivity (Wildman–Crippen MR) is 65.1 cm³/mol. The molecule has 0 N–H and O–H groups in total. The van der Waals surface area contributed by atoms with E-state index in [2.05, 4.69) is 0 Å². The Morgan fingerprint density at radius 3 is 2.25 bits per heavy atom. The molecule has 0 bridgehead atoms. The highest BCUT2D eigenvalue weighted by molar-refractivity contribution is 7.53. The molecule has 16 heavy (non-hydrogen) atoms. The molecular weight excluding hydrogens is 247 g/mol. The summed E-state index contributed by atoms with van der Waals surface area (Å²) >= 11 is 0. The first-order chi connectivity index (χ1) is 7.07. The van der Waals surface area contributed by atoms with E-state index < -0.39 is 28.0 Å². The first-order valence-electron chi connectivity index (χ1n) is 5.20. The van der Waals surface area contributed by atoms with Gasteiger partial charge in [0.05, 0.1) is 6.61 Å². The van der Waals surface area contributed by atoms with E-state index in [-0.39, 0.29) is 6.61 Å². The van der Waals surface area contributed by atoms with Crippen LogP contribution in [0.2, 0.25) is 19.6 Å². The highest BCUT2D eigenvalue weighted by Crippen LogP contribution is 2.45. The SMILES string of the molecule is CCOP(C)(=O)OC(C)C(=O)O[Si](C)(C)C. The quantitative estimate of drug-likeness (QED) is 0.547. The Morgan fingerprint density at radius 1 is 1.38 bits per heavy atom. The van der Waals surface area contributed by atoms with Gasteiger partial charge in [-0.15, -0.1) is 0 Å². The summed E-state index contributed by atoms with van der Waals surface area (Å²) in [6, 6.07) is 0. The maximum atomic E-state index is 11.7. The molecule has 0 saturated heterocycles. The zero-order chi connectivity index (χ0) is 13.0. The maximum Gasteiger partial charge on any atom is 0.328 e. The van der Waals surface area contributed by atoms with Crippen molar-refractivity contribution >= 4 is 21.9 Å². The van der Waals surface area contributed by atoms with Crippen LogP contribution >= 0.6 is 7.60 Å². The lowest BCUT2D eigenvalue weighted by Gasteiger charge is -2.22. The lowest BCUT2D eigenvalue weighted by atomic mass is 10.4. The van der Waals surface area contributed by atoms with Crippen molar-refractivity contribution < 1.29 is 22.8 Å². The second kappa shape index (κ2) is 5.96. The van der Waals surface area contributed by atoms with Gasteiger partial charge in [0.15, 0.2) is 6.10 Å². The van der Waals surface area contributed by atoms with E-state index in [0.29, 0.717) is 0 Å². The third-order valence-electron chi connectivity index (χ3n) is 1.45. The topological polar surface area (TPSA) is 61.8 Å². The highest BCUT2D eigenvalue weighted by atomic mass is 31.2. The first kappa shape index (κ1) is 15.8. The summed E-state index contributed by atoms with van der Waals surface area (Å²) in [6.45, 7) is 10.5. The van der Waals surface area contributed by atoms with Crippen molar-refractivity contribution in [1.82, 2.24) is 0 Å². The Balaban J connectivity index is 4.31. The lowest BCUT2D eigenvalue weighted by molar-refractivity contribution is -0.142. The van der Waals surface area contributed by atoms with Crippen LogP contribution in [0.1, 0.15) is 13.8 Å². The molecule has 0 rings (SSSR count). The van der Waals surface area contributed by atoms with E-state index >= 15 is 0 Å². The molecule has 0 saturated carbocycles. The average molecular weight is 268 g/mol. The molecule has 0 spiro atoms. The van der Waals surface area contributed by atoms with Crippen molar-refractivity contribution in [3.8, 4) is 0 Å². The van der Waals surface area contributed by atoms with Crippen LogP contribution in [0.25, 0.3) is 0 Å². The zero-order valence-corrected chi connectivity index (χ0v) is 12.7. The average Bonchev–Trinajstić information content (AvgIpc) is 1.99. The van der Waals surface area contributed by atoms with Crippen molar-refractivity contribution in [3.05, 3.63) is 0 Å². The Morgan fingerprint density at radius 2 is 1.88 bits per heavy atom. The summed E-state index contributed by atoms with van der Waals surface area (Å²) in [7, 11) is -5.09. The fourth-order valence-electron chi connectivity index (χ4n) is 0.980. The summed E-state index contributed by atoms with van der Waals surface area (Å²) in [5.74, 6) is -0.485. The minimum Gasteiger partial charge on any atom is -0.518 e. The predicted octanol–water partition coefficient (Wildman–Crippen LogP) is 2.63. The van der Waals surface area contributed by atoms with Gasteiger partial charge in [0.1, 0.15) is 0 Å². The molecule has 0 aliphatic heterocycles. The molecule has 5 nitrogen and oxygen atoms in total. The molecule has 0 aromatic heterocycles. The van der Waals surface area contributed by atoms with Gasteiger partial charge in [0.2, 0.25) is 8.32 Å². The Labute approximate surface area is 98.1 Å². The molecule has 0 aliphatic carbocycles. The van der Waals surface area contributed by atoms with E-state index in [9.17, 15) is 9.36 Å². The molecule has 7 heteroatoms. The van der Waals surface area contributed by atoms with Crippen LogP contribution in [0, 0.1) is 0 Å². The van der Waals surface area contributed by atoms with E-state index in [1.807, 2.05) is 19.6 Å². The van der Waals surface area contributed by atoms with Crippen LogP contribution < -0.4 is 0 Å². The standard InChI is InChI=1S/C9H21O5PSi/c1-7-12-15(3,11)13-8(2)9(10)14-16(4,5)6/h8H,7H2,1-6H3. The second-order valence-corrected chi connectivity index (χ2v) is 10.9. The fraction of sp³-hybridized carbons (Fsp3) is 0.889. The minimum atomic E-state index is -3.15. The van der Waals surface area contributed by atoms with Gasteiger partial charge in [-0.1, -0.05) is 0 Å². The Bertz CT molecular complexity index is 286. The van der Waals surface area contributed by atoms with E-state index in [1.165, 1.54) is 13.6 Å². The lowest BCUT2D eigenvalue weighted by Crippen LogP contribution is -2.34. The van der Waals surface area contributed by atoms with Crippen LogP contribution in [-0.2, 0) is 22.8 Å². The van der Waals surface area contributed by atoms with Gasteiger partial charge in [0.25, 0.3) is 0 Å². The van der Waals surface area contributed by atoms with Crippen molar-refractivity contribution in [2.45, 2.75) is 39.6 Å². The fourth-order valence-corrected chi connectivity index (χ4v) is 2.94. The molecule has 2 unspecified atom stereocenters. The molecule has 2 atom stereocenters. The van der Waals surface area contributed by atoms with E-state index in [4.69, 9.17) is 13.5 Å². The second-order valence-electron chi connectivity index (χ2n) is 4.47. The van der Waals surface area contributed by atoms with Gasteiger partial charge in [-0.2, -0.15) is 0 Å². The summed E-state index contributed by atoms with van der Waals surface area (Å²) in [5, 5.41) is 0. The van der Waals surface area contributed by atoms with Crippen molar-refractivity contribution in [1.29, 1.82) is 0 Å². The first-order valence-corrected chi connectivity index (χ1v) is 10.6. The number of hydrogen-bond donors (Lipinski definition) is 0. The summed E-state index contributed by atoms with van der Waals surface area (Å²) in [6.07, 6.45) is -0.867. The van der Waals surface area contributed by atoms with Gasteiger partial charge >= 0.3 is 13.6 Å². The molecule has 0 aromatic rings. The monoisotopic (exact) mass is 268 g/mol. The van der Waals surface area contributed by atoms with E-state index in [1.54, 1.807) is 6.92 Å². The largest absolute Gasteiger partial charge is 0.518 e. The molecule has 96 valence electrons. The number of hydrogen-bond acceptors (Lipinski definition) is 5. The van der Waals surface area contributed by atoms with Gasteiger partial charge in [-0.25, -0.2) is 0 Å². The normalized spacial score (nSPS) is 17.6. The van der Waals surface area contributed by atoms with Crippen molar-refractivity contribution in [2.75, 3.05) is 13.3 Å². The molecule has 0 heterocycles. The minimum absolute atomic E-state index is 0.281. The third kappa shape index (κ3) is 7.17. The van der Waals surface area contributed by atoms with Gasteiger partial charge < -0.3 is 8.95 Å². The van der Waals surface area contributed by atoms with Crippen LogP contribution in [0.4, 0.5) is 0 Å². The molecule has 0 aliphatic rings. The van der Waals surface area contributed by atoms with Crippen LogP contribution in [0.3, 0.4) is 0 Å². The summed E-state index contributed by atoms with van der Waals surface area (Å²) in [4.78, 5) is 11.6. The van der Waals surface area contributed by atoms with Crippen molar-refractivity contribution in [2.24, 2.45) is 0 Å². The summed E-state index contributed by atoms with van der Waals surface area (Å²) < 4.78 is 26.9. The molecular formula is C9H21O5PSi. The smallest absolute Gasteiger partial charge is 0.328 e. The van der Waals surface area contributed by atoms with Gasteiger partial charge in [0, 0.05) is 6.66 Å². The summed E-state index contributed by atoms with van der Waals surface area (Å²) in [5.41, 5.74) is 0. The van der Waals surface area contributed by atoms with Crippen molar-refractivity contribution in [3.63, 3.8) is 0 Å².